The normalized spacial score (nSPS) is 10.5. The van der Waals surface area contributed by atoms with Gasteiger partial charge in [0.15, 0.2) is 17.8 Å². The summed E-state index contributed by atoms with van der Waals surface area (Å²) in [5.74, 6) is 0.234. The fourth-order valence-corrected chi connectivity index (χ4v) is 1.12. The third-order valence-electron chi connectivity index (χ3n) is 1.89. The van der Waals surface area contributed by atoms with Crippen LogP contribution in [0, 0.1) is 0 Å². The average Bonchev–Trinajstić information content (AvgIpc) is 2.26. The zero-order chi connectivity index (χ0) is 11.1. The smallest absolute Gasteiger partial charge is 0.168 e. The van der Waals surface area contributed by atoms with E-state index in [1.54, 1.807) is 12.1 Å². The number of hydrogen-bond acceptors (Lipinski definition) is 3. The van der Waals surface area contributed by atoms with E-state index < -0.39 is 0 Å². The van der Waals surface area contributed by atoms with Crippen LogP contribution >= 0.6 is 0 Å². The van der Waals surface area contributed by atoms with E-state index in [1.807, 2.05) is 19.1 Å². The van der Waals surface area contributed by atoms with Crippen molar-refractivity contribution in [1.82, 2.24) is 0 Å². The number of para-hydroxylation sites is 1. The van der Waals surface area contributed by atoms with Crippen molar-refractivity contribution in [3.63, 3.8) is 0 Å². The van der Waals surface area contributed by atoms with E-state index in [9.17, 15) is 9.90 Å². The van der Waals surface area contributed by atoms with Crippen LogP contribution < -0.4 is 4.74 Å². The van der Waals surface area contributed by atoms with Crippen molar-refractivity contribution in [2.24, 2.45) is 0 Å². The first-order chi connectivity index (χ1) is 7.29. The Kier molecular flexibility index (Phi) is 4.41. The van der Waals surface area contributed by atoms with E-state index in [0.29, 0.717) is 18.6 Å². The molecule has 3 nitrogen and oxygen atoms in total. The van der Waals surface area contributed by atoms with Gasteiger partial charge in [0.05, 0.1) is 5.56 Å². The minimum atomic E-state index is -0.0996. The molecule has 0 amide bonds. The lowest BCUT2D eigenvalue weighted by atomic mass is 10.2. The van der Waals surface area contributed by atoms with Crippen molar-refractivity contribution in [1.29, 1.82) is 0 Å². The molecule has 15 heavy (non-hydrogen) atoms. The summed E-state index contributed by atoms with van der Waals surface area (Å²) >= 11 is 0. The summed E-state index contributed by atoms with van der Waals surface area (Å²) in [4.78, 5) is 10.5. The van der Waals surface area contributed by atoms with Gasteiger partial charge in [-0.05, 0) is 18.6 Å². The Bertz CT molecular complexity index is 356. The number of hydrogen-bond donors (Lipinski definition) is 1. The predicted molar refractivity (Wildman–Crippen MR) is 58.4 cm³/mol. The average molecular weight is 206 g/mol. The Hall–Kier alpha value is -1.77. The molecule has 3 heteroatoms. The van der Waals surface area contributed by atoms with Crippen LogP contribution in [0.15, 0.2) is 30.4 Å². The van der Waals surface area contributed by atoms with Gasteiger partial charge in [-0.1, -0.05) is 25.1 Å². The van der Waals surface area contributed by atoms with Crippen molar-refractivity contribution in [3.8, 4) is 11.5 Å². The van der Waals surface area contributed by atoms with E-state index in [4.69, 9.17) is 4.74 Å². The van der Waals surface area contributed by atoms with Crippen LogP contribution in [0.3, 0.4) is 0 Å². The van der Waals surface area contributed by atoms with Crippen LogP contribution in [-0.4, -0.2) is 18.0 Å². The van der Waals surface area contributed by atoms with Crippen molar-refractivity contribution < 1.29 is 14.6 Å². The summed E-state index contributed by atoms with van der Waals surface area (Å²) < 4.78 is 5.29. The van der Waals surface area contributed by atoms with E-state index in [2.05, 4.69) is 0 Å². The molecule has 80 valence electrons. The molecule has 0 radical (unpaired) electrons. The van der Waals surface area contributed by atoms with Crippen molar-refractivity contribution in [2.45, 2.75) is 13.3 Å². The molecule has 0 atom stereocenters. The zero-order valence-corrected chi connectivity index (χ0v) is 8.64. The van der Waals surface area contributed by atoms with Crippen LogP contribution in [0.2, 0.25) is 0 Å². The van der Waals surface area contributed by atoms with Gasteiger partial charge in [-0.15, -0.1) is 0 Å². The lowest BCUT2D eigenvalue weighted by Crippen LogP contribution is -1.95. The van der Waals surface area contributed by atoms with Gasteiger partial charge in [0, 0.05) is 0 Å². The molecule has 1 N–H and O–H groups in total. The lowest BCUT2D eigenvalue weighted by molar-refractivity contribution is 0.112. The van der Waals surface area contributed by atoms with Crippen molar-refractivity contribution in [2.75, 3.05) is 6.61 Å². The third-order valence-corrected chi connectivity index (χ3v) is 1.89. The van der Waals surface area contributed by atoms with Gasteiger partial charge in [-0.2, -0.15) is 0 Å². The minimum absolute atomic E-state index is 0.0996. The second kappa shape index (κ2) is 5.86. The fraction of sp³-hybridized carbons (Fsp3) is 0.250. The number of rotatable bonds is 5. The SMILES string of the molecule is CC/C=C/COc1cccc(C=O)c1O. The van der Waals surface area contributed by atoms with E-state index in [1.165, 1.54) is 6.07 Å². The standard InChI is InChI=1S/C12H14O3/c1-2-3-4-8-15-11-7-5-6-10(9-13)12(11)14/h3-7,9,14H,2,8H2,1H3/b4-3+. The molecule has 0 fully saturated rings. The molecule has 0 aromatic heterocycles. The van der Waals surface area contributed by atoms with E-state index >= 15 is 0 Å². The van der Waals surface area contributed by atoms with Gasteiger partial charge in [0.2, 0.25) is 0 Å². The minimum Gasteiger partial charge on any atom is -0.504 e. The maximum Gasteiger partial charge on any atom is 0.168 e. The predicted octanol–water partition coefficient (Wildman–Crippen LogP) is 2.55. The molecule has 0 saturated carbocycles. The first-order valence-corrected chi connectivity index (χ1v) is 4.84. The van der Waals surface area contributed by atoms with E-state index in [-0.39, 0.29) is 11.3 Å². The molecular weight excluding hydrogens is 192 g/mol. The summed E-state index contributed by atoms with van der Waals surface area (Å²) in [6.07, 6.45) is 5.39. The van der Waals surface area contributed by atoms with E-state index in [0.717, 1.165) is 6.42 Å². The molecule has 0 aliphatic carbocycles. The molecule has 0 unspecified atom stereocenters. The quantitative estimate of drug-likeness (QED) is 0.595. The number of benzene rings is 1. The Balaban J connectivity index is 2.68. The Labute approximate surface area is 89.0 Å². The van der Waals surface area contributed by atoms with Crippen LogP contribution in [0.5, 0.6) is 11.5 Å². The highest BCUT2D eigenvalue weighted by atomic mass is 16.5. The molecule has 0 saturated heterocycles. The summed E-state index contributed by atoms with van der Waals surface area (Å²) in [6, 6.07) is 4.83. The Morgan fingerprint density at radius 2 is 2.20 bits per heavy atom. The maximum absolute atomic E-state index is 10.5. The monoisotopic (exact) mass is 206 g/mol. The van der Waals surface area contributed by atoms with Crippen molar-refractivity contribution in [3.05, 3.63) is 35.9 Å². The Morgan fingerprint density at radius 1 is 1.40 bits per heavy atom. The van der Waals surface area contributed by atoms with Crippen LogP contribution in [0.4, 0.5) is 0 Å². The summed E-state index contributed by atoms with van der Waals surface area (Å²) in [5, 5.41) is 9.56. The van der Waals surface area contributed by atoms with Gasteiger partial charge in [-0.3, -0.25) is 4.79 Å². The second-order valence-corrected chi connectivity index (χ2v) is 3.00. The number of carbonyl (C=O) groups is 1. The topological polar surface area (TPSA) is 46.5 Å². The molecule has 0 bridgehead atoms. The van der Waals surface area contributed by atoms with Crippen LogP contribution in [-0.2, 0) is 0 Å². The van der Waals surface area contributed by atoms with Crippen LogP contribution in [0.25, 0.3) is 0 Å². The number of allylic oxidation sites excluding steroid dienone is 1. The van der Waals surface area contributed by atoms with Gasteiger partial charge >= 0.3 is 0 Å². The molecule has 0 spiro atoms. The molecule has 0 heterocycles. The fourth-order valence-electron chi connectivity index (χ4n) is 1.12. The zero-order valence-electron chi connectivity index (χ0n) is 8.64. The highest BCUT2D eigenvalue weighted by Gasteiger charge is 2.05. The summed E-state index contributed by atoms with van der Waals surface area (Å²) in [6.45, 7) is 2.42. The van der Waals surface area contributed by atoms with Gasteiger partial charge < -0.3 is 9.84 Å². The highest BCUT2D eigenvalue weighted by Crippen LogP contribution is 2.28. The number of aromatic hydroxyl groups is 1. The number of phenols is 1. The molecule has 1 aromatic rings. The highest BCUT2D eigenvalue weighted by molar-refractivity contribution is 5.80. The Morgan fingerprint density at radius 3 is 2.87 bits per heavy atom. The molecule has 1 rings (SSSR count). The molecule has 0 aliphatic rings. The summed E-state index contributed by atoms with van der Waals surface area (Å²) in [5.41, 5.74) is 0.243. The number of ether oxygens (including phenoxy) is 1. The van der Waals surface area contributed by atoms with Crippen LogP contribution in [0.1, 0.15) is 23.7 Å². The third kappa shape index (κ3) is 3.13. The largest absolute Gasteiger partial charge is 0.504 e. The first-order valence-electron chi connectivity index (χ1n) is 4.84. The second-order valence-electron chi connectivity index (χ2n) is 3.00. The molecular formula is C12H14O3. The lowest BCUT2D eigenvalue weighted by Gasteiger charge is -2.06. The van der Waals surface area contributed by atoms with Gasteiger partial charge in [0.25, 0.3) is 0 Å². The molecule has 1 aromatic carbocycles. The first kappa shape index (κ1) is 11.3. The van der Waals surface area contributed by atoms with Gasteiger partial charge in [-0.25, -0.2) is 0 Å². The number of phenolic OH excluding ortho intramolecular Hbond substituents is 1. The maximum atomic E-state index is 10.5. The van der Waals surface area contributed by atoms with Gasteiger partial charge in [0.1, 0.15) is 6.61 Å². The van der Waals surface area contributed by atoms with Crippen molar-refractivity contribution >= 4 is 6.29 Å². The number of carbonyl (C=O) groups excluding carboxylic acids is 1. The summed E-state index contributed by atoms with van der Waals surface area (Å²) in [7, 11) is 0. The number of aldehydes is 1. The molecule has 0 aliphatic heterocycles.